The number of carbonyl (C=O) groups is 2. The van der Waals surface area contributed by atoms with Crippen LogP contribution in [0.25, 0.3) is 0 Å². The van der Waals surface area contributed by atoms with Crippen molar-refractivity contribution in [2.45, 2.75) is 70.4 Å². The molecule has 33 heavy (non-hydrogen) atoms. The molecule has 0 spiro atoms. The second kappa shape index (κ2) is 12.5. The zero-order chi connectivity index (χ0) is 24.6. The van der Waals surface area contributed by atoms with E-state index in [2.05, 4.69) is 46.4 Å². The highest BCUT2D eigenvalue weighted by molar-refractivity contribution is 9.10. The van der Waals surface area contributed by atoms with Gasteiger partial charge in [-0.05, 0) is 93.3 Å². The molecule has 0 aliphatic carbocycles. The number of rotatable bonds is 9. The number of thioether (sulfide) groups is 1. The van der Waals surface area contributed by atoms with E-state index in [0.717, 1.165) is 39.9 Å². The van der Waals surface area contributed by atoms with Gasteiger partial charge in [0.15, 0.2) is 0 Å². The van der Waals surface area contributed by atoms with Crippen molar-refractivity contribution in [3.8, 4) is 0 Å². The van der Waals surface area contributed by atoms with E-state index in [-0.39, 0.29) is 12.0 Å². The molecule has 0 aliphatic rings. The maximum atomic E-state index is 12.6. The minimum absolute atomic E-state index is 0.00601. The van der Waals surface area contributed by atoms with E-state index in [1.54, 1.807) is 23.7 Å². The number of nitrogens with one attached hydrogen (secondary N) is 1. The number of aryl methyl sites for hydroxylation is 2. The molecule has 2 amide bonds. The topological polar surface area (TPSA) is 58.6 Å². The van der Waals surface area contributed by atoms with Gasteiger partial charge in [-0.1, -0.05) is 28.9 Å². The van der Waals surface area contributed by atoms with Gasteiger partial charge in [0.05, 0.1) is 0 Å². The summed E-state index contributed by atoms with van der Waals surface area (Å²) in [5.74, 6) is -0.00601. The normalized spacial score (nSPS) is 11.2. The number of halogens is 1. The van der Waals surface area contributed by atoms with Crippen molar-refractivity contribution in [3.63, 3.8) is 0 Å². The third-order valence-electron chi connectivity index (χ3n) is 5.08. The van der Waals surface area contributed by atoms with Crippen molar-refractivity contribution < 1.29 is 14.3 Å². The minimum Gasteiger partial charge on any atom is -0.444 e. The van der Waals surface area contributed by atoms with Gasteiger partial charge in [0.25, 0.3) is 0 Å². The van der Waals surface area contributed by atoms with Crippen molar-refractivity contribution >= 4 is 45.4 Å². The van der Waals surface area contributed by atoms with Crippen LogP contribution >= 0.6 is 27.7 Å². The van der Waals surface area contributed by atoms with Crippen LogP contribution in [-0.2, 0) is 28.9 Å². The van der Waals surface area contributed by atoms with E-state index in [9.17, 15) is 9.59 Å². The number of benzene rings is 2. The van der Waals surface area contributed by atoms with Gasteiger partial charge in [0, 0.05) is 35.1 Å². The van der Waals surface area contributed by atoms with Crippen LogP contribution in [0, 0.1) is 0 Å². The molecule has 7 heteroatoms. The summed E-state index contributed by atoms with van der Waals surface area (Å²) in [6.45, 7) is 8.10. The molecule has 0 atom stereocenters. The summed E-state index contributed by atoms with van der Waals surface area (Å²) >= 11 is 5.13. The highest BCUT2D eigenvalue weighted by Gasteiger charge is 2.20. The molecule has 0 saturated heterocycles. The zero-order valence-electron chi connectivity index (χ0n) is 20.5. The Bertz CT molecular complexity index is 972. The third-order valence-corrected chi connectivity index (χ3v) is 6.41. The van der Waals surface area contributed by atoms with E-state index in [0.29, 0.717) is 13.0 Å². The van der Waals surface area contributed by atoms with Crippen LogP contribution in [0.2, 0.25) is 0 Å². The molecule has 1 N–H and O–H groups in total. The van der Waals surface area contributed by atoms with Gasteiger partial charge in [0.1, 0.15) is 5.60 Å². The Labute approximate surface area is 210 Å². The lowest BCUT2D eigenvalue weighted by molar-refractivity contribution is -0.116. The lowest BCUT2D eigenvalue weighted by atomic mass is 10.00. The first-order valence-electron chi connectivity index (χ1n) is 11.2. The molecule has 0 saturated carbocycles. The van der Waals surface area contributed by atoms with Gasteiger partial charge in [0.2, 0.25) is 5.91 Å². The molecule has 2 aromatic carbocycles. The van der Waals surface area contributed by atoms with E-state index in [4.69, 9.17) is 4.74 Å². The molecule has 2 aromatic rings. The molecular weight excluding hydrogens is 500 g/mol. The Morgan fingerprint density at radius 2 is 1.82 bits per heavy atom. The van der Waals surface area contributed by atoms with Crippen molar-refractivity contribution in [1.29, 1.82) is 0 Å². The summed E-state index contributed by atoms with van der Waals surface area (Å²) in [6, 6.07) is 12.2. The predicted molar refractivity (Wildman–Crippen MR) is 141 cm³/mol. The van der Waals surface area contributed by atoms with Crippen molar-refractivity contribution in [1.82, 2.24) is 4.90 Å². The molecule has 0 aromatic heterocycles. The number of hydrogen-bond acceptors (Lipinski definition) is 4. The Morgan fingerprint density at radius 1 is 1.09 bits per heavy atom. The van der Waals surface area contributed by atoms with E-state index in [1.165, 1.54) is 11.1 Å². The molecular formula is C26H35BrN2O3S. The number of nitrogens with zero attached hydrogens (tertiary/aromatic N) is 1. The van der Waals surface area contributed by atoms with Gasteiger partial charge in [-0.25, -0.2) is 4.79 Å². The van der Waals surface area contributed by atoms with Gasteiger partial charge in [-0.15, -0.1) is 11.8 Å². The van der Waals surface area contributed by atoms with Crippen LogP contribution in [-0.4, -0.2) is 35.8 Å². The van der Waals surface area contributed by atoms with Crippen molar-refractivity contribution in [2.24, 2.45) is 0 Å². The summed E-state index contributed by atoms with van der Waals surface area (Å²) in [7, 11) is 1.72. The second-order valence-electron chi connectivity index (χ2n) is 9.03. The minimum atomic E-state index is -0.544. The van der Waals surface area contributed by atoms with Crippen LogP contribution in [0.5, 0.6) is 0 Å². The fourth-order valence-electron chi connectivity index (χ4n) is 3.47. The SMILES string of the molecule is CCc1cc(Br)ccc1CCCC(=O)Nc1ccc(SC)c(CN(C)C(=O)OC(C)(C)C)c1. The maximum Gasteiger partial charge on any atom is 0.410 e. The second-order valence-corrected chi connectivity index (χ2v) is 10.8. The Balaban J connectivity index is 1.97. The molecule has 0 bridgehead atoms. The van der Waals surface area contributed by atoms with Gasteiger partial charge in [-0.2, -0.15) is 0 Å². The maximum absolute atomic E-state index is 12.6. The molecule has 0 aliphatic heterocycles. The number of ether oxygens (including phenoxy) is 1. The number of carbonyl (C=O) groups excluding carboxylic acids is 2. The van der Waals surface area contributed by atoms with Crippen molar-refractivity contribution in [3.05, 3.63) is 57.6 Å². The Morgan fingerprint density at radius 3 is 2.45 bits per heavy atom. The summed E-state index contributed by atoms with van der Waals surface area (Å²) < 4.78 is 6.54. The van der Waals surface area contributed by atoms with E-state index in [1.807, 2.05) is 45.2 Å². The Kier molecular flexibility index (Phi) is 10.3. The van der Waals surface area contributed by atoms with Crippen LogP contribution in [0.1, 0.15) is 57.2 Å². The smallest absolute Gasteiger partial charge is 0.410 e. The van der Waals surface area contributed by atoms with Crippen LogP contribution in [0.4, 0.5) is 10.5 Å². The molecule has 0 heterocycles. The van der Waals surface area contributed by atoms with E-state index >= 15 is 0 Å². The predicted octanol–water partition coefficient (Wildman–Crippen LogP) is 7.06. The number of anilines is 1. The summed E-state index contributed by atoms with van der Waals surface area (Å²) in [6.07, 6.45) is 4.72. The highest BCUT2D eigenvalue weighted by Crippen LogP contribution is 2.26. The summed E-state index contributed by atoms with van der Waals surface area (Å²) in [5.41, 5.74) is 3.78. The van der Waals surface area contributed by atoms with Gasteiger partial charge >= 0.3 is 6.09 Å². The fourth-order valence-corrected chi connectivity index (χ4v) is 4.47. The first kappa shape index (κ1) is 27.3. The quantitative estimate of drug-likeness (QED) is 0.349. The lowest BCUT2D eigenvalue weighted by Crippen LogP contribution is -2.33. The molecule has 0 fully saturated rings. The monoisotopic (exact) mass is 534 g/mol. The van der Waals surface area contributed by atoms with Crippen LogP contribution in [0.3, 0.4) is 0 Å². The molecule has 2 rings (SSSR count). The molecule has 0 radical (unpaired) electrons. The number of amides is 2. The van der Waals surface area contributed by atoms with Crippen LogP contribution < -0.4 is 5.32 Å². The molecule has 180 valence electrons. The van der Waals surface area contributed by atoms with Crippen LogP contribution in [0.15, 0.2) is 45.8 Å². The first-order valence-corrected chi connectivity index (χ1v) is 13.2. The zero-order valence-corrected chi connectivity index (χ0v) is 22.9. The third kappa shape index (κ3) is 9.05. The summed E-state index contributed by atoms with van der Waals surface area (Å²) in [4.78, 5) is 27.5. The van der Waals surface area contributed by atoms with Gasteiger partial charge in [-0.3, -0.25) is 4.79 Å². The number of hydrogen-bond donors (Lipinski definition) is 1. The van der Waals surface area contributed by atoms with Gasteiger partial charge < -0.3 is 15.0 Å². The first-order chi connectivity index (χ1) is 15.5. The average Bonchev–Trinajstić information content (AvgIpc) is 2.73. The van der Waals surface area contributed by atoms with E-state index < -0.39 is 5.60 Å². The lowest BCUT2D eigenvalue weighted by Gasteiger charge is -2.25. The highest BCUT2D eigenvalue weighted by atomic mass is 79.9. The molecule has 0 unspecified atom stereocenters. The average molecular weight is 536 g/mol. The van der Waals surface area contributed by atoms with Crippen molar-refractivity contribution in [2.75, 3.05) is 18.6 Å². The largest absolute Gasteiger partial charge is 0.444 e. The fraction of sp³-hybridized carbons (Fsp3) is 0.462. The Hall–Kier alpha value is -1.99. The standard InChI is InChI=1S/C26H35BrN2O3S/c1-7-18-15-21(27)12-11-19(18)9-8-10-24(30)28-22-13-14-23(33-6)20(16-22)17-29(5)25(31)32-26(2,3)4/h11-16H,7-10,17H2,1-6H3,(H,28,30). The molecule has 5 nitrogen and oxygen atoms in total. The summed E-state index contributed by atoms with van der Waals surface area (Å²) in [5, 5.41) is 3.01.